The van der Waals surface area contributed by atoms with Crippen LogP contribution in [-0.4, -0.2) is 15.6 Å². The molecule has 1 aromatic rings. The van der Waals surface area contributed by atoms with Crippen LogP contribution < -0.4 is 5.43 Å². The molecule has 0 atom stereocenters. The summed E-state index contributed by atoms with van der Waals surface area (Å²) in [5, 5.41) is 26.6. The Morgan fingerprint density at radius 3 is 2.46 bits per heavy atom. The zero-order chi connectivity index (χ0) is 19.1. The Labute approximate surface area is 152 Å². The van der Waals surface area contributed by atoms with Crippen LogP contribution >= 0.6 is 0 Å². The van der Waals surface area contributed by atoms with Crippen molar-refractivity contribution < 1.29 is 9.85 Å². The van der Waals surface area contributed by atoms with Crippen molar-refractivity contribution in [2.24, 2.45) is 11.0 Å². The third-order valence-corrected chi connectivity index (χ3v) is 4.68. The van der Waals surface area contributed by atoms with Crippen molar-refractivity contribution in [1.82, 2.24) is 0 Å². The van der Waals surface area contributed by atoms with Crippen LogP contribution in [0.2, 0.25) is 0 Å². The van der Waals surface area contributed by atoms with Gasteiger partial charge < -0.3 is 0 Å². The second-order valence-corrected chi connectivity index (χ2v) is 6.31. The first-order valence-electron chi connectivity index (χ1n) is 8.93. The Kier molecular flexibility index (Phi) is 6.82. The second kappa shape index (κ2) is 9.07. The van der Waals surface area contributed by atoms with Crippen molar-refractivity contribution in [3.63, 3.8) is 0 Å². The predicted octanol–water partition coefficient (Wildman–Crippen LogP) is 5.21. The lowest BCUT2D eigenvalue weighted by Crippen LogP contribution is -2.19. The smallest absolute Gasteiger partial charge is 0.271 e. The molecule has 0 fully saturated rings. The summed E-state index contributed by atoms with van der Waals surface area (Å²) >= 11 is 0. The normalized spacial score (nSPS) is 14.9. The Hall–Kier alpha value is -2.77. The average molecular weight is 360 g/mol. The van der Waals surface area contributed by atoms with Gasteiger partial charge in [-0.2, -0.15) is 5.10 Å². The summed E-state index contributed by atoms with van der Waals surface area (Å²) in [6, 6.07) is 3.52. The number of nitro groups is 2. The highest BCUT2D eigenvalue weighted by Gasteiger charge is 2.21. The van der Waals surface area contributed by atoms with Gasteiger partial charge in [-0.1, -0.05) is 19.9 Å². The lowest BCUT2D eigenvalue weighted by atomic mass is 9.86. The fourth-order valence-corrected chi connectivity index (χ4v) is 3.17. The maximum absolute atomic E-state index is 11.3. The topological polar surface area (TPSA) is 111 Å². The molecular weight excluding hydrogens is 336 g/mol. The molecule has 140 valence electrons. The molecule has 0 saturated heterocycles. The maximum atomic E-state index is 11.3. The first-order valence-corrected chi connectivity index (χ1v) is 8.93. The van der Waals surface area contributed by atoms with Crippen LogP contribution in [0, 0.1) is 26.1 Å². The van der Waals surface area contributed by atoms with E-state index in [2.05, 4.69) is 30.5 Å². The molecule has 1 aliphatic carbocycles. The summed E-state index contributed by atoms with van der Waals surface area (Å²) in [5.74, 6) is 0.268. The molecule has 0 heterocycles. The van der Waals surface area contributed by atoms with Crippen LogP contribution in [0.15, 0.2) is 34.9 Å². The van der Waals surface area contributed by atoms with Gasteiger partial charge in [-0.25, -0.2) is 0 Å². The minimum atomic E-state index is -0.650. The number of non-ortho nitro benzene ring substituents is 1. The summed E-state index contributed by atoms with van der Waals surface area (Å²) in [7, 11) is 0. The zero-order valence-corrected chi connectivity index (χ0v) is 15.1. The van der Waals surface area contributed by atoms with E-state index in [9.17, 15) is 20.2 Å². The molecule has 1 aliphatic rings. The number of rotatable bonds is 8. The fraction of sp³-hybridized carbons (Fsp3) is 0.500. The molecule has 2 rings (SSSR count). The van der Waals surface area contributed by atoms with E-state index < -0.39 is 9.85 Å². The average Bonchev–Trinajstić information content (AvgIpc) is 2.65. The Morgan fingerprint density at radius 1 is 1.19 bits per heavy atom. The number of hydrogen-bond acceptors (Lipinski definition) is 6. The Morgan fingerprint density at radius 2 is 1.92 bits per heavy atom. The first kappa shape index (κ1) is 19.6. The third kappa shape index (κ3) is 4.65. The van der Waals surface area contributed by atoms with Crippen LogP contribution in [-0.2, 0) is 0 Å². The number of nitrogens with one attached hydrogen (secondary N) is 1. The van der Waals surface area contributed by atoms with E-state index in [1.54, 1.807) is 0 Å². The number of nitrogens with zero attached hydrogens (tertiary/aromatic N) is 3. The lowest BCUT2D eigenvalue weighted by Gasteiger charge is -2.21. The monoisotopic (exact) mass is 360 g/mol. The zero-order valence-electron chi connectivity index (χ0n) is 15.1. The van der Waals surface area contributed by atoms with E-state index >= 15 is 0 Å². The van der Waals surface area contributed by atoms with Crippen LogP contribution in [0.25, 0.3) is 0 Å². The van der Waals surface area contributed by atoms with Crippen LogP contribution in [0.5, 0.6) is 0 Å². The van der Waals surface area contributed by atoms with Crippen molar-refractivity contribution in [3.8, 4) is 0 Å². The standard InChI is InChI=1S/C18H24N4O4/c1-3-13(4-2)18(14-8-6-5-7-9-14)20-19-16-11-10-15(21(23)24)12-17(16)22(25)26/h8,10-13,19H,3-7,9H2,1-2H3/b20-18+. The van der Waals surface area contributed by atoms with Crippen molar-refractivity contribution in [3.05, 3.63) is 50.1 Å². The van der Waals surface area contributed by atoms with Gasteiger partial charge in [0.15, 0.2) is 0 Å². The maximum Gasteiger partial charge on any atom is 0.301 e. The van der Waals surface area contributed by atoms with Crippen LogP contribution in [0.1, 0.15) is 52.4 Å². The van der Waals surface area contributed by atoms with Gasteiger partial charge in [0.25, 0.3) is 5.69 Å². The Bertz CT molecular complexity index is 739. The molecule has 26 heavy (non-hydrogen) atoms. The molecule has 0 saturated carbocycles. The highest BCUT2D eigenvalue weighted by Crippen LogP contribution is 2.30. The van der Waals surface area contributed by atoms with Gasteiger partial charge in [0.2, 0.25) is 0 Å². The van der Waals surface area contributed by atoms with Crippen molar-refractivity contribution >= 4 is 22.8 Å². The molecule has 0 bridgehead atoms. The van der Waals surface area contributed by atoms with Gasteiger partial charge >= 0.3 is 5.69 Å². The van der Waals surface area contributed by atoms with Gasteiger partial charge in [0.1, 0.15) is 5.69 Å². The van der Waals surface area contributed by atoms with E-state index in [4.69, 9.17) is 0 Å². The molecular formula is C18H24N4O4. The minimum Gasteiger partial charge on any atom is -0.271 e. The van der Waals surface area contributed by atoms with E-state index in [0.29, 0.717) is 0 Å². The highest BCUT2D eigenvalue weighted by molar-refractivity contribution is 6.02. The molecule has 0 aromatic heterocycles. The van der Waals surface area contributed by atoms with E-state index in [-0.39, 0.29) is 23.0 Å². The van der Waals surface area contributed by atoms with E-state index in [1.807, 2.05) is 0 Å². The van der Waals surface area contributed by atoms with Crippen molar-refractivity contribution in [2.75, 3.05) is 5.43 Å². The van der Waals surface area contributed by atoms with Gasteiger partial charge in [0.05, 0.1) is 21.6 Å². The molecule has 8 nitrogen and oxygen atoms in total. The molecule has 0 spiro atoms. The predicted molar refractivity (Wildman–Crippen MR) is 101 cm³/mol. The van der Waals surface area contributed by atoms with Crippen molar-refractivity contribution in [2.45, 2.75) is 52.4 Å². The number of nitro benzene ring substituents is 2. The number of hydrogen-bond donors (Lipinski definition) is 1. The van der Waals surface area contributed by atoms with Gasteiger partial charge in [-0.05, 0) is 50.2 Å². The third-order valence-electron chi connectivity index (χ3n) is 4.68. The SMILES string of the molecule is CCC(CC)/C(=N\Nc1ccc([N+](=O)[O-])cc1[N+](=O)[O-])C1=CCCCC1. The molecule has 0 radical (unpaired) electrons. The summed E-state index contributed by atoms with van der Waals surface area (Å²) in [6.45, 7) is 4.20. The highest BCUT2D eigenvalue weighted by atomic mass is 16.6. The molecule has 1 N–H and O–H groups in total. The summed E-state index contributed by atoms with van der Waals surface area (Å²) in [6.07, 6.45) is 8.31. The molecule has 8 heteroatoms. The fourth-order valence-electron chi connectivity index (χ4n) is 3.17. The molecule has 0 unspecified atom stereocenters. The van der Waals surface area contributed by atoms with Crippen LogP contribution in [0.3, 0.4) is 0 Å². The van der Waals surface area contributed by atoms with Gasteiger partial charge in [-0.3, -0.25) is 25.7 Å². The van der Waals surface area contributed by atoms with Gasteiger partial charge in [-0.15, -0.1) is 0 Å². The summed E-state index contributed by atoms with van der Waals surface area (Å²) < 4.78 is 0. The molecule has 1 aromatic carbocycles. The molecule has 0 aliphatic heterocycles. The first-order chi connectivity index (χ1) is 12.5. The number of anilines is 1. The summed E-state index contributed by atoms with van der Waals surface area (Å²) in [4.78, 5) is 20.8. The van der Waals surface area contributed by atoms with E-state index in [0.717, 1.165) is 43.9 Å². The largest absolute Gasteiger partial charge is 0.301 e. The minimum absolute atomic E-state index is 0.153. The number of benzene rings is 1. The number of allylic oxidation sites excluding steroid dienone is 2. The quantitative estimate of drug-likeness (QED) is 0.389. The van der Waals surface area contributed by atoms with Crippen LogP contribution in [0.4, 0.5) is 17.1 Å². The lowest BCUT2D eigenvalue weighted by molar-refractivity contribution is -0.393. The van der Waals surface area contributed by atoms with Gasteiger partial charge in [0, 0.05) is 12.0 Å². The second-order valence-electron chi connectivity index (χ2n) is 6.31. The van der Waals surface area contributed by atoms with Crippen molar-refractivity contribution in [1.29, 1.82) is 0 Å². The van der Waals surface area contributed by atoms with E-state index in [1.165, 1.54) is 24.1 Å². The number of hydrazone groups is 1. The Balaban J connectivity index is 2.38. The summed E-state index contributed by atoms with van der Waals surface area (Å²) in [5.41, 5.74) is 4.40. The molecule has 0 amide bonds.